The maximum atomic E-state index is 14.0. The second-order valence-corrected chi connectivity index (χ2v) is 13.5. The highest BCUT2D eigenvalue weighted by atomic mass is 32.2. The van der Waals surface area contributed by atoms with Crippen molar-refractivity contribution >= 4 is 49.1 Å². The van der Waals surface area contributed by atoms with Crippen LogP contribution < -0.4 is 10.0 Å². The number of benzene rings is 2. The number of aryl methyl sites for hydroxylation is 2. The predicted octanol–water partition coefficient (Wildman–Crippen LogP) is 4.16. The number of alkyl halides is 1. The van der Waals surface area contributed by atoms with Gasteiger partial charge in [-0.05, 0) is 73.8 Å². The maximum absolute atomic E-state index is 14.0. The summed E-state index contributed by atoms with van der Waals surface area (Å²) in [5, 5.41) is 13.0. The summed E-state index contributed by atoms with van der Waals surface area (Å²) in [5.74, 6) is -1.06. The Morgan fingerprint density at radius 1 is 1.22 bits per heavy atom. The van der Waals surface area contributed by atoms with Crippen molar-refractivity contribution in [3.05, 3.63) is 52.5 Å². The first-order valence-electron chi connectivity index (χ1n) is 14.1. The zero-order valence-corrected chi connectivity index (χ0v) is 24.4. The molecule has 1 saturated heterocycles. The molecule has 1 amide bonds. The summed E-state index contributed by atoms with van der Waals surface area (Å²) in [6.45, 7) is 1.13. The van der Waals surface area contributed by atoms with Crippen LogP contribution in [0.3, 0.4) is 0 Å². The molecule has 1 atom stereocenters. The minimum atomic E-state index is -4.20. The molecule has 220 valence electrons. The Morgan fingerprint density at radius 2 is 2.00 bits per heavy atom. The third kappa shape index (κ3) is 7.04. The molecule has 5 rings (SSSR count). The van der Waals surface area contributed by atoms with Crippen LogP contribution in [-0.2, 0) is 38.9 Å². The zero-order valence-electron chi connectivity index (χ0n) is 22.8. The Bertz CT molecular complexity index is 1490. The topological polar surface area (TPSA) is 129 Å². The lowest BCUT2D eigenvalue weighted by atomic mass is 9.93. The molecular formula is C29H35FN4O5S2. The van der Waals surface area contributed by atoms with Crippen molar-refractivity contribution in [2.75, 3.05) is 31.6 Å². The highest BCUT2D eigenvalue weighted by molar-refractivity contribution is 7.89. The van der Waals surface area contributed by atoms with Crippen molar-refractivity contribution in [3.8, 4) is 0 Å². The average molecular weight is 603 g/mol. The number of para-hydroxylation sites is 1. The highest BCUT2D eigenvalue weighted by Crippen LogP contribution is 2.32. The van der Waals surface area contributed by atoms with Gasteiger partial charge in [0.15, 0.2) is 0 Å². The Morgan fingerprint density at radius 3 is 2.73 bits per heavy atom. The molecule has 12 heteroatoms. The van der Waals surface area contributed by atoms with Gasteiger partial charge in [0, 0.05) is 32.5 Å². The van der Waals surface area contributed by atoms with Crippen LogP contribution in [0.25, 0.3) is 10.2 Å². The van der Waals surface area contributed by atoms with Gasteiger partial charge in [-0.2, -0.15) is 4.72 Å². The van der Waals surface area contributed by atoms with Crippen LogP contribution in [0.4, 0.5) is 10.1 Å². The number of carboxylic acid groups (broad SMARTS) is 1. The minimum Gasteiger partial charge on any atom is -0.481 e. The molecule has 0 bridgehead atoms. The highest BCUT2D eigenvalue weighted by Gasteiger charge is 2.34. The summed E-state index contributed by atoms with van der Waals surface area (Å²) in [6, 6.07) is 9.91. The van der Waals surface area contributed by atoms with Gasteiger partial charge in [0.2, 0.25) is 15.9 Å². The number of piperidine rings is 1. The first-order chi connectivity index (χ1) is 19.7. The predicted molar refractivity (Wildman–Crippen MR) is 157 cm³/mol. The quantitative estimate of drug-likeness (QED) is 0.301. The van der Waals surface area contributed by atoms with E-state index in [1.807, 2.05) is 30.3 Å². The van der Waals surface area contributed by atoms with E-state index in [1.54, 1.807) is 4.90 Å². The molecule has 1 fully saturated rings. The van der Waals surface area contributed by atoms with Gasteiger partial charge in [-0.25, -0.2) is 13.4 Å². The number of nitrogens with one attached hydrogen (secondary N) is 2. The SMILES string of the molecule is O=C(O)CCc1cc2c(c(S(=O)(=O)NC(Cc3nc4ccccc4s3)C(=O)N3CCC(CCF)CC3)c1)NCCC2. The Hall–Kier alpha value is -3.09. The van der Waals surface area contributed by atoms with E-state index in [1.165, 1.54) is 17.4 Å². The number of aliphatic carboxylic acids is 1. The van der Waals surface area contributed by atoms with Crippen LogP contribution in [0, 0.1) is 5.92 Å². The van der Waals surface area contributed by atoms with E-state index in [0.717, 1.165) is 22.2 Å². The fourth-order valence-electron chi connectivity index (χ4n) is 5.66. The maximum Gasteiger partial charge on any atom is 0.303 e. The van der Waals surface area contributed by atoms with E-state index in [9.17, 15) is 27.5 Å². The second kappa shape index (κ2) is 12.8. The van der Waals surface area contributed by atoms with Crippen LogP contribution in [0.5, 0.6) is 0 Å². The minimum absolute atomic E-state index is 0.0267. The molecule has 3 heterocycles. The summed E-state index contributed by atoms with van der Waals surface area (Å²) < 4.78 is 44.5. The number of likely N-dealkylation sites (tertiary alicyclic amines) is 1. The summed E-state index contributed by atoms with van der Waals surface area (Å²) in [5.41, 5.74) is 2.74. The number of fused-ring (bicyclic) bond motifs is 2. The molecule has 3 aromatic rings. The number of rotatable bonds is 11. The van der Waals surface area contributed by atoms with Crippen LogP contribution in [0.2, 0.25) is 0 Å². The number of nitrogens with zero attached hydrogens (tertiary/aromatic N) is 2. The normalized spacial score (nSPS) is 16.8. The van der Waals surface area contributed by atoms with E-state index in [4.69, 9.17) is 0 Å². The van der Waals surface area contributed by atoms with Crippen molar-refractivity contribution < 1.29 is 27.5 Å². The lowest BCUT2D eigenvalue weighted by Gasteiger charge is -2.34. The van der Waals surface area contributed by atoms with Crippen molar-refractivity contribution in [2.24, 2.45) is 5.92 Å². The van der Waals surface area contributed by atoms with E-state index in [0.29, 0.717) is 61.6 Å². The van der Waals surface area contributed by atoms with E-state index < -0.39 is 22.0 Å². The number of aromatic nitrogens is 1. The smallest absolute Gasteiger partial charge is 0.303 e. The van der Waals surface area contributed by atoms with Crippen LogP contribution in [0.1, 0.15) is 48.2 Å². The van der Waals surface area contributed by atoms with Crippen LogP contribution in [0.15, 0.2) is 41.3 Å². The molecule has 1 unspecified atom stereocenters. The average Bonchev–Trinajstić information content (AvgIpc) is 3.38. The monoisotopic (exact) mass is 602 g/mol. The number of hydrogen-bond donors (Lipinski definition) is 3. The number of hydrogen-bond acceptors (Lipinski definition) is 7. The number of halogens is 1. The molecule has 0 saturated carbocycles. The van der Waals surface area contributed by atoms with Crippen LogP contribution in [-0.4, -0.2) is 67.6 Å². The van der Waals surface area contributed by atoms with Gasteiger partial charge in [-0.15, -0.1) is 11.3 Å². The number of sulfonamides is 1. The number of anilines is 1. The van der Waals surface area contributed by atoms with E-state index in [2.05, 4.69) is 15.0 Å². The van der Waals surface area contributed by atoms with Gasteiger partial charge in [0.05, 0.1) is 27.6 Å². The number of carbonyl (C=O) groups excluding carboxylic acids is 1. The Balaban J connectivity index is 1.45. The Labute approximate surface area is 243 Å². The number of amides is 1. The van der Waals surface area contributed by atoms with Crippen LogP contribution >= 0.6 is 11.3 Å². The number of carboxylic acids is 1. The fraction of sp³-hybridized carbons (Fsp3) is 0.483. The van der Waals surface area contributed by atoms with Gasteiger partial charge in [0.25, 0.3) is 0 Å². The summed E-state index contributed by atoms with van der Waals surface area (Å²) in [6.07, 6.45) is 3.52. The molecular weight excluding hydrogens is 567 g/mol. The third-order valence-corrected chi connectivity index (χ3v) is 10.4. The molecule has 0 spiro atoms. The molecule has 41 heavy (non-hydrogen) atoms. The standard InChI is InChI=1S/C29H35FN4O5S2/c30-12-9-19-10-14-34(15-11-19)29(37)23(18-26-32-22-5-1-2-6-24(22)40-26)33-41(38,39)25-17-20(7-8-27(35)36)16-21-4-3-13-31-28(21)25/h1-2,5-6,16-17,19,23,31,33H,3-4,7-15,18H2,(H,35,36). The largest absolute Gasteiger partial charge is 0.481 e. The first kappa shape index (κ1) is 29.4. The van der Waals surface area contributed by atoms with Gasteiger partial charge in [-0.1, -0.05) is 18.2 Å². The molecule has 0 aliphatic carbocycles. The van der Waals surface area contributed by atoms with Gasteiger partial charge >= 0.3 is 5.97 Å². The van der Waals surface area contributed by atoms with Crippen molar-refractivity contribution in [2.45, 2.75) is 62.3 Å². The fourth-order valence-corrected chi connectivity index (χ4v) is 8.14. The van der Waals surface area contributed by atoms with E-state index >= 15 is 0 Å². The van der Waals surface area contributed by atoms with Crippen molar-refractivity contribution in [1.29, 1.82) is 0 Å². The molecule has 9 nitrogen and oxygen atoms in total. The molecule has 0 radical (unpaired) electrons. The Kier molecular flexibility index (Phi) is 9.20. The molecule has 3 N–H and O–H groups in total. The van der Waals surface area contributed by atoms with Gasteiger partial charge in [0.1, 0.15) is 10.9 Å². The van der Waals surface area contributed by atoms with Gasteiger partial charge < -0.3 is 15.3 Å². The van der Waals surface area contributed by atoms with E-state index in [-0.39, 0.29) is 42.7 Å². The van der Waals surface area contributed by atoms with Gasteiger partial charge in [-0.3, -0.25) is 14.0 Å². The molecule has 1 aromatic heterocycles. The summed E-state index contributed by atoms with van der Waals surface area (Å²) >= 11 is 1.43. The third-order valence-electron chi connectivity index (χ3n) is 7.84. The first-order valence-corrected chi connectivity index (χ1v) is 16.4. The molecule has 2 aromatic carbocycles. The zero-order chi connectivity index (χ0) is 29.0. The molecule has 2 aliphatic rings. The second-order valence-electron chi connectivity index (χ2n) is 10.8. The lowest BCUT2D eigenvalue weighted by molar-refractivity contribution is -0.137. The number of thiazole rings is 1. The lowest BCUT2D eigenvalue weighted by Crippen LogP contribution is -2.51. The number of carbonyl (C=O) groups is 2. The molecule has 2 aliphatic heterocycles. The van der Waals surface area contributed by atoms with Crippen molar-refractivity contribution in [1.82, 2.24) is 14.6 Å². The summed E-state index contributed by atoms with van der Waals surface area (Å²) in [7, 11) is -4.20. The summed E-state index contributed by atoms with van der Waals surface area (Å²) in [4.78, 5) is 31.4. The van der Waals surface area contributed by atoms with Crippen molar-refractivity contribution in [3.63, 3.8) is 0 Å².